The van der Waals surface area contributed by atoms with Crippen molar-refractivity contribution in [3.63, 3.8) is 0 Å². The molecule has 0 aliphatic carbocycles. The van der Waals surface area contributed by atoms with Crippen LogP contribution < -0.4 is 16.0 Å². The molecule has 0 aliphatic rings. The van der Waals surface area contributed by atoms with Crippen LogP contribution in [0.3, 0.4) is 0 Å². The summed E-state index contributed by atoms with van der Waals surface area (Å²) in [6.07, 6.45) is 1.85. The average Bonchev–Trinajstić information content (AvgIpc) is 2.79. The first-order chi connectivity index (χ1) is 9.15. The largest absolute Gasteiger partial charge is 0.357 e. The third kappa shape index (κ3) is 7.63. The van der Waals surface area contributed by atoms with Crippen LogP contribution in [0.4, 0.5) is 0 Å². The van der Waals surface area contributed by atoms with Gasteiger partial charge in [-0.2, -0.15) is 0 Å². The number of aromatic nitrogens is 1. The first-order valence-electron chi connectivity index (χ1n) is 6.35. The SMILES string of the molecule is CCNC(=O)CN=C(NCC)NCc1ncc(C)s1.I. The van der Waals surface area contributed by atoms with Crippen LogP contribution in [0.5, 0.6) is 0 Å². The molecule has 1 amide bonds. The van der Waals surface area contributed by atoms with E-state index in [9.17, 15) is 4.79 Å². The van der Waals surface area contributed by atoms with Gasteiger partial charge in [0.25, 0.3) is 0 Å². The molecule has 8 heteroatoms. The maximum atomic E-state index is 11.3. The standard InChI is InChI=1S/C12H21N5OS.HI/c1-4-13-10(18)7-16-12(14-5-2)17-8-11-15-6-9(3)19-11;/h6H,4-5,7-8H2,1-3H3,(H,13,18)(H2,14,16,17);1H. The van der Waals surface area contributed by atoms with Gasteiger partial charge in [0, 0.05) is 24.2 Å². The van der Waals surface area contributed by atoms with Crippen molar-refractivity contribution in [2.75, 3.05) is 19.6 Å². The molecular formula is C12H22IN5OS. The van der Waals surface area contributed by atoms with Crippen LogP contribution in [-0.4, -0.2) is 36.5 Å². The number of nitrogens with one attached hydrogen (secondary N) is 3. The monoisotopic (exact) mass is 411 g/mol. The number of hydrogen-bond donors (Lipinski definition) is 3. The van der Waals surface area contributed by atoms with Gasteiger partial charge in [-0.1, -0.05) is 0 Å². The minimum atomic E-state index is -0.0789. The number of guanidine groups is 1. The van der Waals surface area contributed by atoms with Crippen molar-refractivity contribution in [3.8, 4) is 0 Å². The van der Waals surface area contributed by atoms with Gasteiger partial charge in [-0.25, -0.2) is 9.98 Å². The summed E-state index contributed by atoms with van der Waals surface area (Å²) in [6, 6.07) is 0. The van der Waals surface area contributed by atoms with Crippen LogP contribution in [-0.2, 0) is 11.3 Å². The number of rotatable bonds is 6. The molecule has 0 radical (unpaired) electrons. The number of thiazole rings is 1. The maximum absolute atomic E-state index is 11.3. The Morgan fingerprint density at radius 1 is 1.30 bits per heavy atom. The van der Waals surface area contributed by atoms with E-state index >= 15 is 0 Å². The third-order valence-electron chi connectivity index (χ3n) is 2.18. The first kappa shape index (κ1) is 19.1. The van der Waals surface area contributed by atoms with Crippen LogP contribution in [0.25, 0.3) is 0 Å². The Morgan fingerprint density at radius 2 is 2.00 bits per heavy atom. The lowest BCUT2D eigenvalue weighted by Crippen LogP contribution is -2.38. The van der Waals surface area contributed by atoms with Gasteiger partial charge in [0.1, 0.15) is 11.6 Å². The Balaban J connectivity index is 0.00000361. The Bertz CT molecular complexity index is 435. The molecule has 0 aromatic carbocycles. The Morgan fingerprint density at radius 3 is 2.55 bits per heavy atom. The van der Waals surface area contributed by atoms with Gasteiger partial charge in [0.05, 0.1) is 6.54 Å². The van der Waals surface area contributed by atoms with Gasteiger partial charge in [0.15, 0.2) is 5.96 Å². The lowest BCUT2D eigenvalue weighted by Gasteiger charge is -2.09. The minimum Gasteiger partial charge on any atom is -0.357 e. The summed E-state index contributed by atoms with van der Waals surface area (Å²) in [7, 11) is 0. The van der Waals surface area contributed by atoms with E-state index < -0.39 is 0 Å². The molecule has 6 nitrogen and oxygen atoms in total. The maximum Gasteiger partial charge on any atom is 0.241 e. The van der Waals surface area contributed by atoms with Gasteiger partial charge in [-0.15, -0.1) is 35.3 Å². The van der Waals surface area contributed by atoms with E-state index in [0.29, 0.717) is 19.0 Å². The molecule has 1 aromatic heterocycles. The van der Waals surface area contributed by atoms with Gasteiger partial charge in [-0.05, 0) is 20.8 Å². The van der Waals surface area contributed by atoms with Crippen molar-refractivity contribution >= 4 is 47.2 Å². The highest BCUT2D eigenvalue weighted by atomic mass is 127. The Hall–Kier alpha value is -0.900. The molecule has 3 N–H and O–H groups in total. The number of hydrogen-bond acceptors (Lipinski definition) is 4. The number of amides is 1. The fourth-order valence-corrected chi connectivity index (χ4v) is 2.11. The van der Waals surface area contributed by atoms with Crippen LogP contribution in [0.15, 0.2) is 11.2 Å². The first-order valence-corrected chi connectivity index (χ1v) is 7.17. The van der Waals surface area contributed by atoms with E-state index in [4.69, 9.17) is 0 Å². The topological polar surface area (TPSA) is 78.4 Å². The molecule has 0 atom stereocenters. The molecule has 0 bridgehead atoms. The second-order valence-electron chi connectivity index (χ2n) is 3.87. The van der Waals surface area contributed by atoms with E-state index in [1.165, 1.54) is 4.88 Å². The molecule has 0 saturated heterocycles. The van der Waals surface area contributed by atoms with E-state index in [1.54, 1.807) is 11.3 Å². The second kappa shape index (κ2) is 10.8. The van der Waals surface area contributed by atoms with Crippen molar-refractivity contribution in [2.24, 2.45) is 4.99 Å². The molecular weight excluding hydrogens is 389 g/mol. The number of likely N-dealkylation sites (N-methyl/N-ethyl adjacent to an activating group) is 1. The highest BCUT2D eigenvalue weighted by Gasteiger charge is 2.03. The van der Waals surface area contributed by atoms with E-state index in [2.05, 4.69) is 25.9 Å². The molecule has 1 aromatic rings. The van der Waals surface area contributed by atoms with Crippen molar-refractivity contribution in [1.82, 2.24) is 20.9 Å². The smallest absolute Gasteiger partial charge is 0.241 e. The van der Waals surface area contributed by atoms with Crippen molar-refractivity contribution in [2.45, 2.75) is 27.3 Å². The summed E-state index contributed by atoms with van der Waals surface area (Å²) in [5, 5.41) is 9.96. The summed E-state index contributed by atoms with van der Waals surface area (Å²) in [6.45, 7) is 8.00. The average molecular weight is 411 g/mol. The fourth-order valence-electron chi connectivity index (χ4n) is 1.39. The Labute approximate surface area is 140 Å². The molecule has 20 heavy (non-hydrogen) atoms. The lowest BCUT2D eigenvalue weighted by molar-refractivity contribution is -0.119. The summed E-state index contributed by atoms with van der Waals surface area (Å²) >= 11 is 1.64. The summed E-state index contributed by atoms with van der Waals surface area (Å²) in [5.74, 6) is 0.548. The van der Waals surface area contributed by atoms with Crippen LogP contribution >= 0.6 is 35.3 Å². The predicted molar refractivity (Wildman–Crippen MR) is 93.8 cm³/mol. The van der Waals surface area contributed by atoms with E-state index in [1.807, 2.05) is 27.0 Å². The fraction of sp³-hybridized carbons (Fsp3) is 0.583. The zero-order valence-corrected chi connectivity index (χ0v) is 15.2. The summed E-state index contributed by atoms with van der Waals surface area (Å²) in [5.41, 5.74) is 0. The highest BCUT2D eigenvalue weighted by Crippen LogP contribution is 2.10. The van der Waals surface area contributed by atoms with Crippen LogP contribution in [0.1, 0.15) is 23.7 Å². The quantitative estimate of drug-likeness (QED) is 0.374. The van der Waals surface area contributed by atoms with Gasteiger partial charge in [-0.3, -0.25) is 4.79 Å². The number of nitrogens with zero attached hydrogens (tertiary/aromatic N) is 2. The van der Waals surface area contributed by atoms with Crippen LogP contribution in [0.2, 0.25) is 0 Å². The third-order valence-corrected chi connectivity index (χ3v) is 3.09. The molecule has 0 spiro atoms. The number of carbonyl (C=O) groups is 1. The number of aryl methyl sites for hydroxylation is 1. The van der Waals surface area contributed by atoms with Crippen LogP contribution in [0, 0.1) is 6.92 Å². The van der Waals surface area contributed by atoms with Gasteiger partial charge < -0.3 is 16.0 Å². The van der Waals surface area contributed by atoms with Crippen molar-refractivity contribution in [1.29, 1.82) is 0 Å². The normalized spacial score (nSPS) is 10.7. The molecule has 0 saturated carbocycles. The molecule has 0 aliphatic heterocycles. The molecule has 0 fully saturated rings. The van der Waals surface area contributed by atoms with Crippen molar-refractivity contribution in [3.05, 3.63) is 16.1 Å². The zero-order valence-electron chi connectivity index (χ0n) is 12.0. The summed E-state index contributed by atoms with van der Waals surface area (Å²) in [4.78, 5) is 21.0. The second-order valence-corrected chi connectivity index (χ2v) is 5.19. The lowest BCUT2D eigenvalue weighted by atomic mass is 10.5. The van der Waals surface area contributed by atoms with Gasteiger partial charge in [0.2, 0.25) is 5.91 Å². The van der Waals surface area contributed by atoms with Crippen molar-refractivity contribution < 1.29 is 4.79 Å². The highest BCUT2D eigenvalue weighted by molar-refractivity contribution is 14.0. The molecule has 114 valence electrons. The molecule has 0 unspecified atom stereocenters. The number of halogens is 1. The Kier molecular flexibility index (Phi) is 10.3. The minimum absolute atomic E-state index is 0. The van der Waals surface area contributed by atoms with E-state index in [0.717, 1.165) is 11.6 Å². The molecule has 1 rings (SSSR count). The summed E-state index contributed by atoms with van der Waals surface area (Å²) < 4.78 is 0. The predicted octanol–water partition coefficient (Wildman–Crippen LogP) is 1.26. The number of aliphatic imine (C=N–C) groups is 1. The van der Waals surface area contributed by atoms with Gasteiger partial charge >= 0.3 is 0 Å². The molecule has 1 heterocycles. The zero-order chi connectivity index (χ0) is 14.1. The van der Waals surface area contributed by atoms with E-state index in [-0.39, 0.29) is 36.4 Å². The number of carbonyl (C=O) groups excluding carboxylic acids is 1.